The highest BCUT2D eigenvalue weighted by Crippen LogP contribution is 2.25. The van der Waals surface area contributed by atoms with Crippen molar-refractivity contribution < 1.29 is 14.8 Å². The summed E-state index contributed by atoms with van der Waals surface area (Å²) in [5.41, 5.74) is 4.07. The number of fused-ring (bicyclic) bond motifs is 1. The molecule has 0 saturated carbocycles. The predicted molar refractivity (Wildman–Crippen MR) is 99.9 cm³/mol. The fourth-order valence-corrected chi connectivity index (χ4v) is 3.29. The van der Waals surface area contributed by atoms with Gasteiger partial charge in [-0.25, -0.2) is 0 Å². The van der Waals surface area contributed by atoms with Gasteiger partial charge in [0, 0.05) is 35.3 Å². The van der Waals surface area contributed by atoms with E-state index in [-0.39, 0.29) is 11.8 Å². The second-order valence-corrected chi connectivity index (χ2v) is 6.17. The van der Waals surface area contributed by atoms with E-state index in [0.29, 0.717) is 6.61 Å². The molecule has 3 N–H and O–H groups in total. The molecule has 1 heterocycles. The third-order valence-electron chi connectivity index (χ3n) is 4.61. The molecular formula is C21H25N2O2+. The van der Waals surface area contributed by atoms with Crippen LogP contribution >= 0.6 is 0 Å². The number of methoxy groups -OCH3 is 1. The molecule has 3 aromatic rings. The Hall–Kier alpha value is -2.43. The van der Waals surface area contributed by atoms with Gasteiger partial charge in [0.05, 0.1) is 6.61 Å². The molecule has 130 valence electrons. The van der Waals surface area contributed by atoms with E-state index in [1.807, 2.05) is 48.7 Å². The lowest BCUT2D eigenvalue weighted by Gasteiger charge is -2.14. The van der Waals surface area contributed by atoms with Crippen molar-refractivity contribution in [2.45, 2.75) is 19.4 Å². The van der Waals surface area contributed by atoms with Crippen LogP contribution in [0.5, 0.6) is 0 Å². The fraction of sp³-hybridized carbons (Fsp3) is 0.286. The summed E-state index contributed by atoms with van der Waals surface area (Å²) >= 11 is 0. The van der Waals surface area contributed by atoms with Crippen LogP contribution in [0.15, 0.2) is 54.7 Å². The zero-order valence-electron chi connectivity index (χ0n) is 14.8. The summed E-state index contributed by atoms with van der Waals surface area (Å²) in [6, 6.07) is 15.8. The maximum Gasteiger partial charge on any atom is 0.226 e. The topological polar surface area (TPSA) is 58.7 Å². The summed E-state index contributed by atoms with van der Waals surface area (Å²) in [6.07, 6.45) is 2.79. The number of hydrogen-bond donors (Lipinski definition) is 2. The first kappa shape index (κ1) is 17.4. The van der Waals surface area contributed by atoms with Crippen molar-refractivity contribution in [1.82, 2.24) is 4.98 Å². The van der Waals surface area contributed by atoms with Crippen LogP contribution in [0.1, 0.15) is 34.5 Å². The molecule has 3 rings (SSSR count). The van der Waals surface area contributed by atoms with Gasteiger partial charge in [0.1, 0.15) is 6.54 Å². The minimum atomic E-state index is -0.263. The SMILES string of the molecule is CCc1cccc2c(C(=O)[C@H]([NH2+]CCOC)c3ccccc3)c[nH]c12. The van der Waals surface area contributed by atoms with Crippen LogP contribution in [0.25, 0.3) is 10.9 Å². The minimum absolute atomic E-state index is 0.127. The Morgan fingerprint density at radius 1 is 1.16 bits per heavy atom. The zero-order valence-corrected chi connectivity index (χ0v) is 14.8. The number of aromatic amines is 1. The van der Waals surface area contributed by atoms with Crippen molar-refractivity contribution >= 4 is 16.7 Å². The summed E-state index contributed by atoms with van der Waals surface area (Å²) in [6.45, 7) is 3.48. The van der Waals surface area contributed by atoms with Crippen LogP contribution in [-0.4, -0.2) is 31.0 Å². The van der Waals surface area contributed by atoms with Crippen LogP contribution in [0, 0.1) is 0 Å². The second-order valence-electron chi connectivity index (χ2n) is 6.17. The van der Waals surface area contributed by atoms with Crippen LogP contribution < -0.4 is 5.32 Å². The van der Waals surface area contributed by atoms with E-state index in [9.17, 15) is 4.79 Å². The van der Waals surface area contributed by atoms with Crippen molar-refractivity contribution in [2.24, 2.45) is 0 Å². The van der Waals surface area contributed by atoms with Crippen molar-refractivity contribution in [3.05, 3.63) is 71.4 Å². The minimum Gasteiger partial charge on any atom is -0.379 e. The number of benzene rings is 2. The number of carbonyl (C=O) groups excluding carboxylic acids is 1. The summed E-state index contributed by atoms with van der Waals surface area (Å²) in [4.78, 5) is 16.6. The highest BCUT2D eigenvalue weighted by molar-refractivity contribution is 6.10. The molecule has 2 aromatic carbocycles. The number of quaternary nitrogens is 1. The van der Waals surface area contributed by atoms with Crippen molar-refractivity contribution in [2.75, 3.05) is 20.3 Å². The van der Waals surface area contributed by atoms with Crippen molar-refractivity contribution in [3.8, 4) is 0 Å². The second kappa shape index (κ2) is 8.10. The average Bonchev–Trinajstić information content (AvgIpc) is 3.09. The molecule has 1 atom stereocenters. The monoisotopic (exact) mass is 337 g/mol. The number of ketones is 1. The van der Waals surface area contributed by atoms with Crippen LogP contribution in [0.2, 0.25) is 0 Å². The van der Waals surface area contributed by atoms with Crippen molar-refractivity contribution in [3.63, 3.8) is 0 Å². The Bertz CT molecular complexity index is 839. The molecule has 0 aliphatic carbocycles. The van der Waals surface area contributed by atoms with Gasteiger partial charge >= 0.3 is 0 Å². The molecule has 0 aliphatic heterocycles. The lowest BCUT2D eigenvalue weighted by molar-refractivity contribution is -0.682. The Morgan fingerprint density at radius 3 is 2.68 bits per heavy atom. The summed E-state index contributed by atoms with van der Waals surface area (Å²) in [7, 11) is 1.68. The first-order valence-corrected chi connectivity index (χ1v) is 8.76. The van der Waals surface area contributed by atoms with Gasteiger partial charge in [-0.1, -0.05) is 55.5 Å². The van der Waals surface area contributed by atoms with Gasteiger partial charge in [-0.15, -0.1) is 0 Å². The van der Waals surface area contributed by atoms with Gasteiger partial charge in [0.25, 0.3) is 0 Å². The molecule has 0 unspecified atom stereocenters. The summed E-state index contributed by atoms with van der Waals surface area (Å²) < 4.78 is 5.15. The number of aromatic nitrogens is 1. The maximum atomic E-state index is 13.3. The maximum absolute atomic E-state index is 13.3. The fourth-order valence-electron chi connectivity index (χ4n) is 3.29. The van der Waals surface area contributed by atoms with Crippen LogP contribution in [0.4, 0.5) is 0 Å². The number of nitrogens with one attached hydrogen (secondary N) is 1. The molecular weight excluding hydrogens is 312 g/mol. The molecule has 0 spiro atoms. The van der Waals surface area contributed by atoms with Gasteiger partial charge in [-0.2, -0.15) is 0 Å². The Labute approximate surface area is 148 Å². The molecule has 0 saturated heterocycles. The number of nitrogens with two attached hydrogens (primary N) is 1. The third-order valence-corrected chi connectivity index (χ3v) is 4.61. The van der Waals surface area contributed by atoms with E-state index in [2.05, 4.69) is 23.3 Å². The lowest BCUT2D eigenvalue weighted by atomic mass is 9.96. The van der Waals surface area contributed by atoms with Gasteiger partial charge < -0.3 is 15.0 Å². The first-order chi connectivity index (χ1) is 12.3. The zero-order chi connectivity index (χ0) is 17.6. The molecule has 0 fully saturated rings. The number of aryl methyl sites for hydroxylation is 1. The quantitative estimate of drug-likeness (QED) is 0.490. The summed E-state index contributed by atoms with van der Waals surface area (Å²) in [5.74, 6) is 0.127. The highest BCUT2D eigenvalue weighted by Gasteiger charge is 2.27. The largest absolute Gasteiger partial charge is 0.379 e. The number of Topliss-reactive ketones (excluding diaryl/α,β-unsaturated/α-hetero) is 1. The van der Waals surface area contributed by atoms with E-state index >= 15 is 0 Å². The number of para-hydroxylation sites is 1. The third kappa shape index (κ3) is 3.65. The van der Waals surface area contributed by atoms with E-state index in [1.54, 1.807) is 7.11 Å². The number of carbonyl (C=O) groups is 1. The molecule has 0 radical (unpaired) electrons. The standard InChI is InChI=1S/C21H24N2O2/c1-3-15-10-7-11-17-18(14-23-19(15)17)21(24)20(22-12-13-25-2)16-8-5-4-6-9-16/h4-11,14,20,22-23H,3,12-13H2,1-2H3/p+1/t20-/m1/s1. The van der Waals surface area contributed by atoms with Gasteiger partial charge in [-0.3, -0.25) is 4.79 Å². The Kier molecular flexibility index (Phi) is 5.64. The van der Waals surface area contributed by atoms with Crippen molar-refractivity contribution in [1.29, 1.82) is 0 Å². The number of ether oxygens (including phenoxy) is 1. The molecule has 25 heavy (non-hydrogen) atoms. The molecule has 0 amide bonds. The molecule has 0 bridgehead atoms. The molecule has 4 heteroatoms. The smallest absolute Gasteiger partial charge is 0.226 e. The van der Waals surface area contributed by atoms with E-state index < -0.39 is 0 Å². The van der Waals surface area contributed by atoms with E-state index in [0.717, 1.165) is 35.0 Å². The first-order valence-electron chi connectivity index (χ1n) is 8.76. The van der Waals surface area contributed by atoms with Gasteiger partial charge in [0.15, 0.2) is 6.04 Å². The van der Waals surface area contributed by atoms with Gasteiger partial charge in [0.2, 0.25) is 5.78 Å². The van der Waals surface area contributed by atoms with E-state index in [1.165, 1.54) is 5.56 Å². The van der Waals surface area contributed by atoms with Crippen LogP contribution in [0.3, 0.4) is 0 Å². The number of H-pyrrole nitrogens is 1. The Morgan fingerprint density at radius 2 is 1.96 bits per heavy atom. The normalized spacial score (nSPS) is 12.4. The predicted octanol–water partition coefficient (Wildman–Crippen LogP) is 2.86. The Balaban J connectivity index is 1.97. The van der Waals surface area contributed by atoms with Crippen LogP contribution in [-0.2, 0) is 11.2 Å². The number of rotatable bonds is 8. The average molecular weight is 337 g/mol. The lowest BCUT2D eigenvalue weighted by Crippen LogP contribution is -2.87. The summed E-state index contributed by atoms with van der Waals surface area (Å²) in [5, 5.41) is 3.06. The molecule has 1 aromatic heterocycles. The van der Waals surface area contributed by atoms with Gasteiger partial charge in [-0.05, 0) is 12.0 Å². The number of hydrogen-bond acceptors (Lipinski definition) is 2. The molecule has 4 nitrogen and oxygen atoms in total. The van der Waals surface area contributed by atoms with E-state index in [4.69, 9.17) is 4.74 Å². The highest BCUT2D eigenvalue weighted by atomic mass is 16.5. The molecule has 0 aliphatic rings.